The lowest BCUT2D eigenvalue weighted by molar-refractivity contribution is 0.158. The molecule has 1 heterocycles. The number of aliphatic hydroxyl groups excluding tert-OH is 1. The van der Waals surface area contributed by atoms with Crippen LogP contribution in [0, 0.1) is 0 Å². The number of benzene rings is 1. The van der Waals surface area contributed by atoms with Gasteiger partial charge in [0.25, 0.3) is 0 Å². The van der Waals surface area contributed by atoms with Crippen molar-refractivity contribution in [1.29, 1.82) is 0 Å². The van der Waals surface area contributed by atoms with Crippen LogP contribution in [0.3, 0.4) is 0 Å². The van der Waals surface area contributed by atoms with Crippen molar-refractivity contribution >= 4 is 0 Å². The maximum Gasteiger partial charge on any atom is 0.161 e. The largest absolute Gasteiger partial charge is 0.486 e. The zero-order chi connectivity index (χ0) is 13.7. The number of fused-ring (bicyclic) bond motifs is 1. The maximum absolute atomic E-state index is 10.2. The van der Waals surface area contributed by atoms with Gasteiger partial charge in [0.2, 0.25) is 0 Å². The monoisotopic (exact) mass is 265 g/mol. The molecule has 0 saturated carbocycles. The molecule has 2 rings (SSSR count). The van der Waals surface area contributed by atoms with Crippen LogP contribution in [0.25, 0.3) is 0 Å². The van der Waals surface area contributed by atoms with Crippen LogP contribution >= 0.6 is 0 Å². The summed E-state index contributed by atoms with van der Waals surface area (Å²) in [4.78, 5) is 0. The molecule has 1 aliphatic heterocycles. The van der Waals surface area contributed by atoms with Crippen LogP contribution in [-0.2, 0) is 0 Å². The van der Waals surface area contributed by atoms with Crippen LogP contribution in [0.1, 0.15) is 38.4 Å². The molecule has 0 aromatic heterocycles. The second-order valence-electron chi connectivity index (χ2n) is 4.97. The summed E-state index contributed by atoms with van der Waals surface area (Å²) in [5, 5.41) is 13.6. The van der Waals surface area contributed by atoms with Crippen LogP contribution in [0.4, 0.5) is 0 Å². The van der Waals surface area contributed by atoms with Gasteiger partial charge in [0.1, 0.15) is 13.2 Å². The average Bonchev–Trinajstić information content (AvgIpc) is 2.46. The zero-order valence-corrected chi connectivity index (χ0v) is 11.7. The standard InChI is InChI=1S/C15H23NO3/c1-3-11(2)16-7-6-13(17)12-4-5-14-15(10-12)19-9-8-18-14/h4-5,10-11,13,16-17H,3,6-9H2,1-2H3. The summed E-state index contributed by atoms with van der Waals surface area (Å²) >= 11 is 0. The van der Waals surface area contributed by atoms with Gasteiger partial charge in [0, 0.05) is 6.04 Å². The summed E-state index contributed by atoms with van der Waals surface area (Å²) in [5.41, 5.74) is 0.884. The van der Waals surface area contributed by atoms with Gasteiger partial charge >= 0.3 is 0 Å². The van der Waals surface area contributed by atoms with Crippen LogP contribution in [0.2, 0.25) is 0 Å². The molecule has 19 heavy (non-hydrogen) atoms. The van der Waals surface area contributed by atoms with Gasteiger partial charge in [-0.3, -0.25) is 0 Å². The Morgan fingerprint density at radius 1 is 1.26 bits per heavy atom. The van der Waals surface area contributed by atoms with E-state index >= 15 is 0 Å². The summed E-state index contributed by atoms with van der Waals surface area (Å²) in [5.74, 6) is 1.50. The first kappa shape index (κ1) is 14.2. The second kappa shape index (κ2) is 6.78. The molecule has 0 bridgehead atoms. The summed E-state index contributed by atoms with van der Waals surface area (Å²) < 4.78 is 11.0. The Kier molecular flexibility index (Phi) is 5.05. The molecule has 0 amide bonds. The predicted molar refractivity (Wildman–Crippen MR) is 74.8 cm³/mol. The third-order valence-electron chi connectivity index (χ3n) is 3.47. The summed E-state index contributed by atoms with van der Waals surface area (Å²) in [6.45, 7) is 6.27. The first-order chi connectivity index (χ1) is 9.20. The molecule has 0 fully saturated rings. The summed E-state index contributed by atoms with van der Waals surface area (Å²) in [7, 11) is 0. The highest BCUT2D eigenvalue weighted by atomic mass is 16.6. The minimum atomic E-state index is -0.465. The van der Waals surface area contributed by atoms with E-state index in [0.717, 1.165) is 30.0 Å². The van der Waals surface area contributed by atoms with E-state index in [0.29, 0.717) is 25.7 Å². The molecule has 2 atom stereocenters. The van der Waals surface area contributed by atoms with E-state index in [9.17, 15) is 5.11 Å². The van der Waals surface area contributed by atoms with Crippen molar-refractivity contribution in [3.05, 3.63) is 23.8 Å². The lowest BCUT2D eigenvalue weighted by Gasteiger charge is -2.20. The third-order valence-corrected chi connectivity index (χ3v) is 3.47. The zero-order valence-electron chi connectivity index (χ0n) is 11.7. The van der Waals surface area contributed by atoms with Gasteiger partial charge in [0.15, 0.2) is 11.5 Å². The van der Waals surface area contributed by atoms with Gasteiger partial charge in [-0.1, -0.05) is 13.0 Å². The normalized spacial score (nSPS) is 17.0. The van der Waals surface area contributed by atoms with Crippen LogP contribution < -0.4 is 14.8 Å². The van der Waals surface area contributed by atoms with Crippen molar-refractivity contribution in [3.8, 4) is 11.5 Å². The van der Waals surface area contributed by atoms with Crippen molar-refractivity contribution in [2.24, 2.45) is 0 Å². The minimum absolute atomic E-state index is 0.465. The van der Waals surface area contributed by atoms with Crippen LogP contribution in [0.15, 0.2) is 18.2 Å². The molecule has 1 aromatic carbocycles. The third kappa shape index (κ3) is 3.85. The molecule has 106 valence electrons. The van der Waals surface area contributed by atoms with Gasteiger partial charge in [0.05, 0.1) is 6.10 Å². The smallest absolute Gasteiger partial charge is 0.161 e. The molecule has 1 aromatic rings. The van der Waals surface area contributed by atoms with Gasteiger partial charge in [-0.15, -0.1) is 0 Å². The lowest BCUT2D eigenvalue weighted by atomic mass is 10.1. The number of ether oxygens (including phenoxy) is 2. The Balaban J connectivity index is 1.90. The SMILES string of the molecule is CCC(C)NCCC(O)c1ccc2c(c1)OCCO2. The molecule has 0 radical (unpaired) electrons. The molecule has 4 heteroatoms. The molecule has 0 aliphatic carbocycles. The van der Waals surface area contributed by atoms with E-state index in [2.05, 4.69) is 19.2 Å². The second-order valence-corrected chi connectivity index (χ2v) is 4.97. The van der Waals surface area contributed by atoms with Crippen molar-refractivity contribution < 1.29 is 14.6 Å². The first-order valence-corrected chi connectivity index (χ1v) is 7.01. The highest BCUT2D eigenvalue weighted by Gasteiger charge is 2.15. The van der Waals surface area contributed by atoms with E-state index in [4.69, 9.17) is 9.47 Å². The number of rotatable bonds is 6. The molecule has 0 spiro atoms. The quantitative estimate of drug-likeness (QED) is 0.828. The van der Waals surface area contributed by atoms with Crippen molar-refractivity contribution in [1.82, 2.24) is 5.32 Å². The number of hydrogen-bond donors (Lipinski definition) is 2. The van der Waals surface area contributed by atoms with E-state index in [1.807, 2.05) is 18.2 Å². The van der Waals surface area contributed by atoms with Crippen molar-refractivity contribution in [3.63, 3.8) is 0 Å². The van der Waals surface area contributed by atoms with Gasteiger partial charge in [-0.2, -0.15) is 0 Å². The lowest BCUT2D eigenvalue weighted by Crippen LogP contribution is -2.27. The Hall–Kier alpha value is -1.26. The Bertz CT molecular complexity index is 408. The van der Waals surface area contributed by atoms with Crippen molar-refractivity contribution in [2.75, 3.05) is 19.8 Å². The van der Waals surface area contributed by atoms with Gasteiger partial charge in [-0.25, -0.2) is 0 Å². The molecular weight excluding hydrogens is 242 g/mol. The number of aliphatic hydroxyl groups is 1. The molecule has 4 nitrogen and oxygen atoms in total. The maximum atomic E-state index is 10.2. The summed E-state index contributed by atoms with van der Waals surface area (Å²) in [6, 6.07) is 6.14. The Morgan fingerprint density at radius 2 is 2.00 bits per heavy atom. The first-order valence-electron chi connectivity index (χ1n) is 7.01. The molecular formula is C15H23NO3. The highest BCUT2D eigenvalue weighted by molar-refractivity contribution is 5.44. The number of nitrogens with one attached hydrogen (secondary N) is 1. The van der Waals surface area contributed by atoms with Crippen molar-refractivity contribution in [2.45, 2.75) is 38.8 Å². The number of hydrogen-bond acceptors (Lipinski definition) is 4. The highest BCUT2D eigenvalue weighted by Crippen LogP contribution is 2.33. The Labute approximate surface area is 114 Å². The topological polar surface area (TPSA) is 50.7 Å². The molecule has 1 aliphatic rings. The van der Waals surface area contributed by atoms with E-state index in [-0.39, 0.29) is 0 Å². The summed E-state index contributed by atoms with van der Waals surface area (Å²) in [6.07, 6.45) is 1.33. The fourth-order valence-electron chi connectivity index (χ4n) is 2.04. The van der Waals surface area contributed by atoms with Gasteiger partial charge in [-0.05, 0) is 44.0 Å². The predicted octanol–water partition coefficient (Wildman–Crippen LogP) is 2.27. The molecule has 0 saturated heterocycles. The molecule has 2 N–H and O–H groups in total. The van der Waals surface area contributed by atoms with E-state index in [1.54, 1.807) is 0 Å². The Morgan fingerprint density at radius 3 is 2.74 bits per heavy atom. The van der Waals surface area contributed by atoms with E-state index in [1.165, 1.54) is 0 Å². The average molecular weight is 265 g/mol. The fraction of sp³-hybridized carbons (Fsp3) is 0.600. The van der Waals surface area contributed by atoms with Crippen LogP contribution in [-0.4, -0.2) is 30.9 Å². The van der Waals surface area contributed by atoms with Crippen LogP contribution in [0.5, 0.6) is 11.5 Å². The van der Waals surface area contributed by atoms with E-state index < -0.39 is 6.10 Å². The molecule has 2 unspecified atom stereocenters. The van der Waals surface area contributed by atoms with Gasteiger partial charge < -0.3 is 19.9 Å². The fourth-order valence-corrected chi connectivity index (χ4v) is 2.04. The minimum Gasteiger partial charge on any atom is -0.486 e.